The van der Waals surface area contributed by atoms with Crippen LogP contribution in [0, 0.1) is 0 Å². The molecule has 0 aromatic heterocycles. The number of allylic oxidation sites excluding steroid dienone is 1. The molecule has 0 spiro atoms. The minimum atomic E-state index is 0.129. The van der Waals surface area contributed by atoms with E-state index in [0.29, 0.717) is 17.9 Å². The van der Waals surface area contributed by atoms with Gasteiger partial charge in [0, 0.05) is 6.42 Å². The molecule has 2 nitrogen and oxygen atoms in total. The zero-order valence-electron chi connectivity index (χ0n) is 11.7. The molecule has 0 atom stereocenters. The van der Waals surface area contributed by atoms with Crippen molar-refractivity contribution in [3.8, 4) is 5.75 Å². The molecule has 18 heavy (non-hydrogen) atoms. The van der Waals surface area contributed by atoms with Gasteiger partial charge in [0.25, 0.3) is 0 Å². The topological polar surface area (TPSA) is 26.3 Å². The van der Waals surface area contributed by atoms with E-state index < -0.39 is 0 Å². The van der Waals surface area contributed by atoms with Crippen LogP contribution in [0.1, 0.15) is 52.5 Å². The van der Waals surface area contributed by atoms with Gasteiger partial charge in [0.05, 0.1) is 0 Å². The average Bonchev–Trinajstić information content (AvgIpc) is 2.34. The van der Waals surface area contributed by atoms with E-state index in [9.17, 15) is 4.79 Å². The first kappa shape index (κ1) is 14.5. The molecule has 0 aliphatic carbocycles. The molecule has 0 saturated heterocycles. The fourth-order valence-corrected chi connectivity index (χ4v) is 1.63. The number of ether oxygens (including phenoxy) is 1. The Morgan fingerprint density at radius 3 is 2.28 bits per heavy atom. The summed E-state index contributed by atoms with van der Waals surface area (Å²) >= 11 is 0. The molecule has 0 heterocycles. The molecule has 1 aromatic carbocycles. The largest absolute Gasteiger partial charge is 0.450 e. The molecule has 0 aliphatic rings. The highest BCUT2D eigenvalue weighted by Crippen LogP contribution is 2.25. The van der Waals surface area contributed by atoms with Crippen molar-refractivity contribution >= 4 is 5.94 Å². The minimum Gasteiger partial charge on any atom is -0.450 e. The third-order valence-corrected chi connectivity index (χ3v) is 2.83. The maximum atomic E-state index is 10.8. The molecule has 0 aliphatic heterocycles. The summed E-state index contributed by atoms with van der Waals surface area (Å²) in [5.74, 6) is 2.97. The van der Waals surface area contributed by atoms with Gasteiger partial charge in [0.2, 0.25) is 0 Å². The molecule has 0 radical (unpaired) electrons. The van der Waals surface area contributed by atoms with Gasteiger partial charge in [0.15, 0.2) is 11.7 Å². The molecule has 0 unspecified atom stereocenters. The standard InChI is InChI=1S/C16H22O2/c1-5-6-7-15(12-17)18-14-10-8-13(9-11-14)16(2,3)4/h8-11H,5-7H2,1-4H3. The predicted molar refractivity (Wildman–Crippen MR) is 74.5 cm³/mol. The van der Waals surface area contributed by atoms with Gasteiger partial charge < -0.3 is 4.74 Å². The highest BCUT2D eigenvalue weighted by Gasteiger charge is 2.13. The molecule has 1 rings (SSSR count). The Balaban J connectivity index is 2.71. The van der Waals surface area contributed by atoms with Gasteiger partial charge in [0.1, 0.15) is 5.75 Å². The minimum absolute atomic E-state index is 0.129. The van der Waals surface area contributed by atoms with Crippen LogP contribution in [-0.4, -0.2) is 5.94 Å². The molecule has 0 amide bonds. The van der Waals surface area contributed by atoms with E-state index in [0.717, 1.165) is 12.8 Å². The second-order valence-electron chi connectivity index (χ2n) is 5.51. The third kappa shape index (κ3) is 4.38. The Kier molecular flexibility index (Phi) is 5.18. The van der Waals surface area contributed by atoms with E-state index in [1.165, 1.54) is 5.56 Å². The fourth-order valence-electron chi connectivity index (χ4n) is 1.63. The number of hydrogen-bond donors (Lipinski definition) is 0. The van der Waals surface area contributed by atoms with Gasteiger partial charge >= 0.3 is 0 Å². The zero-order chi connectivity index (χ0) is 13.6. The summed E-state index contributed by atoms with van der Waals surface area (Å²) in [5, 5.41) is 0. The number of rotatable bonds is 5. The molecule has 98 valence electrons. The van der Waals surface area contributed by atoms with Crippen molar-refractivity contribution in [3.63, 3.8) is 0 Å². The van der Waals surface area contributed by atoms with Crippen LogP contribution in [0.25, 0.3) is 0 Å². The van der Waals surface area contributed by atoms with Gasteiger partial charge in [-0.1, -0.05) is 46.2 Å². The maximum Gasteiger partial charge on any atom is 0.187 e. The summed E-state index contributed by atoms with van der Waals surface area (Å²) in [5.41, 5.74) is 1.38. The van der Waals surface area contributed by atoms with Crippen LogP contribution < -0.4 is 4.74 Å². The summed E-state index contributed by atoms with van der Waals surface area (Å²) in [6, 6.07) is 7.89. The smallest absolute Gasteiger partial charge is 0.187 e. The summed E-state index contributed by atoms with van der Waals surface area (Å²) in [6.07, 6.45) is 2.64. The second-order valence-corrected chi connectivity index (χ2v) is 5.51. The Bertz CT molecular complexity index is 417. The lowest BCUT2D eigenvalue weighted by Crippen LogP contribution is -2.10. The van der Waals surface area contributed by atoms with E-state index in [1.807, 2.05) is 30.2 Å². The first-order valence-corrected chi connectivity index (χ1v) is 6.49. The van der Waals surface area contributed by atoms with Crippen LogP contribution >= 0.6 is 0 Å². The van der Waals surface area contributed by atoms with E-state index in [-0.39, 0.29) is 5.41 Å². The number of carbonyl (C=O) groups excluding carboxylic acids is 1. The third-order valence-electron chi connectivity index (χ3n) is 2.83. The predicted octanol–water partition coefficient (Wildman–Crippen LogP) is 4.27. The van der Waals surface area contributed by atoms with Gasteiger partial charge in [-0.25, -0.2) is 4.79 Å². The molecule has 2 heteroatoms. The van der Waals surface area contributed by atoms with Gasteiger partial charge in [-0.3, -0.25) is 0 Å². The molecule has 0 saturated carbocycles. The van der Waals surface area contributed by atoms with Crippen molar-refractivity contribution < 1.29 is 9.53 Å². The average molecular weight is 246 g/mol. The van der Waals surface area contributed by atoms with Crippen molar-refractivity contribution in [3.05, 3.63) is 35.6 Å². The molecule has 0 fully saturated rings. The van der Waals surface area contributed by atoms with Crippen LogP contribution in [0.2, 0.25) is 0 Å². The number of unbranched alkanes of at least 4 members (excludes halogenated alkanes) is 1. The summed E-state index contributed by atoms with van der Waals surface area (Å²) in [6.45, 7) is 8.59. The molecular formula is C16H22O2. The Hall–Kier alpha value is -1.53. The SMILES string of the molecule is CCCCC(=C=O)Oc1ccc(C(C)(C)C)cc1. The molecule has 0 N–H and O–H groups in total. The van der Waals surface area contributed by atoms with E-state index >= 15 is 0 Å². The summed E-state index contributed by atoms with van der Waals surface area (Å²) in [4.78, 5) is 10.8. The number of benzene rings is 1. The monoisotopic (exact) mass is 246 g/mol. The van der Waals surface area contributed by atoms with E-state index in [2.05, 4.69) is 27.7 Å². The lowest BCUT2D eigenvalue weighted by atomic mass is 9.87. The van der Waals surface area contributed by atoms with Crippen LogP contribution in [0.15, 0.2) is 30.0 Å². The summed E-state index contributed by atoms with van der Waals surface area (Å²) < 4.78 is 5.53. The van der Waals surface area contributed by atoms with E-state index in [1.54, 1.807) is 0 Å². The Morgan fingerprint density at radius 2 is 1.83 bits per heavy atom. The Morgan fingerprint density at radius 1 is 1.22 bits per heavy atom. The molecular weight excluding hydrogens is 224 g/mol. The van der Waals surface area contributed by atoms with Crippen molar-refractivity contribution in [2.24, 2.45) is 0 Å². The second kappa shape index (κ2) is 6.42. The molecule has 0 bridgehead atoms. The van der Waals surface area contributed by atoms with Crippen LogP contribution in [0.5, 0.6) is 5.75 Å². The van der Waals surface area contributed by atoms with Crippen LogP contribution in [-0.2, 0) is 10.2 Å². The highest BCUT2D eigenvalue weighted by molar-refractivity contribution is 5.50. The lowest BCUT2D eigenvalue weighted by molar-refractivity contribution is 0.398. The van der Waals surface area contributed by atoms with Crippen LogP contribution in [0.4, 0.5) is 0 Å². The van der Waals surface area contributed by atoms with Crippen molar-refractivity contribution in [1.29, 1.82) is 0 Å². The fraction of sp³-hybridized carbons (Fsp3) is 0.500. The number of hydrogen-bond acceptors (Lipinski definition) is 2. The first-order chi connectivity index (χ1) is 8.47. The normalized spacial score (nSPS) is 10.9. The zero-order valence-corrected chi connectivity index (χ0v) is 11.7. The van der Waals surface area contributed by atoms with Gasteiger partial charge in [-0.2, -0.15) is 0 Å². The van der Waals surface area contributed by atoms with Crippen LogP contribution in [0.3, 0.4) is 0 Å². The van der Waals surface area contributed by atoms with Crippen molar-refractivity contribution in [1.82, 2.24) is 0 Å². The first-order valence-electron chi connectivity index (χ1n) is 6.49. The van der Waals surface area contributed by atoms with Crippen molar-refractivity contribution in [2.45, 2.75) is 52.4 Å². The lowest BCUT2D eigenvalue weighted by Gasteiger charge is -2.19. The van der Waals surface area contributed by atoms with E-state index in [4.69, 9.17) is 4.74 Å². The van der Waals surface area contributed by atoms with Crippen molar-refractivity contribution in [2.75, 3.05) is 0 Å². The Labute approximate surface area is 110 Å². The van der Waals surface area contributed by atoms with Gasteiger partial charge in [-0.05, 0) is 29.5 Å². The van der Waals surface area contributed by atoms with Gasteiger partial charge in [-0.15, -0.1) is 0 Å². The highest BCUT2D eigenvalue weighted by atomic mass is 16.5. The molecule has 1 aromatic rings. The summed E-state index contributed by atoms with van der Waals surface area (Å²) in [7, 11) is 0. The maximum absolute atomic E-state index is 10.8. The quantitative estimate of drug-likeness (QED) is 0.573.